The van der Waals surface area contributed by atoms with Gasteiger partial charge in [-0.1, -0.05) is 158 Å². The Kier molecular flexibility index (Phi) is 7.86. The number of hydrogen-bond donors (Lipinski definition) is 0. The normalized spacial score (nSPS) is 20.9. The second-order valence-corrected chi connectivity index (χ2v) is 17.2. The molecule has 2 atom stereocenters. The molecule has 3 aliphatic heterocycles. The van der Waals surface area contributed by atoms with Crippen LogP contribution in [0.15, 0.2) is 158 Å². The molecule has 0 bridgehead atoms. The zero-order valence-corrected chi connectivity index (χ0v) is 28.4. The Hall–Kier alpha value is -4.26. The molecule has 1 saturated heterocycles. The van der Waals surface area contributed by atoms with Crippen LogP contribution in [0.5, 0.6) is 11.5 Å². The molecule has 0 saturated carbocycles. The van der Waals surface area contributed by atoms with Crippen LogP contribution in [0.1, 0.15) is 11.1 Å². The SMILES string of the molecule is c1ccc(P(c2ccccc2)c2cccc3c2OC24Oc5c(cccc5P(c5ccccc5)c5ccccc5)C[C@H]2COC[C@@H]4C3)cc1. The highest BCUT2D eigenvalue weighted by atomic mass is 31.1. The van der Waals surface area contributed by atoms with Gasteiger partial charge in [-0.05, 0) is 61.0 Å². The number of rotatable bonds is 6. The van der Waals surface area contributed by atoms with Gasteiger partial charge in [0.05, 0.1) is 25.0 Å². The van der Waals surface area contributed by atoms with Gasteiger partial charge in [-0.3, -0.25) is 0 Å². The van der Waals surface area contributed by atoms with Crippen molar-refractivity contribution in [1.82, 2.24) is 0 Å². The molecule has 48 heavy (non-hydrogen) atoms. The van der Waals surface area contributed by atoms with E-state index in [1.54, 1.807) is 0 Å². The van der Waals surface area contributed by atoms with E-state index in [4.69, 9.17) is 14.2 Å². The molecule has 6 aromatic rings. The molecule has 9 rings (SSSR count). The highest BCUT2D eigenvalue weighted by Gasteiger charge is 2.58. The fourth-order valence-corrected chi connectivity index (χ4v) is 12.6. The Bertz CT molecular complexity index is 1810. The van der Waals surface area contributed by atoms with E-state index in [0.717, 1.165) is 24.3 Å². The molecule has 236 valence electrons. The highest BCUT2D eigenvalue weighted by molar-refractivity contribution is 7.80. The lowest BCUT2D eigenvalue weighted by Gasteiger charge is -2.54. The average Bonchev–Trinajstić information content (AvgIpc) is 3.15. The number of ether oxygens (including phenoxy) is 3. The first-order valence-corrected chi connectivity index (χ1v) is 19.5. The predicted octanol–water partition coefficient (Wildman–Crippen LogP) is 6.73. The van der Waals surface area contributed by atoms with Gasteiger partial charge < -0.3 is 14.2 Å². The van der Waals surface area contributed by atoms with Gasteiger partial charge in [-0.25, -0.2) is 0 Å². The second-order valence-electron chi connectivity index (χ2n) is 12.8. The monoisotopic (exact) mass is 662 g/mol. The van der Waals surface area contributed by atoms with Crippen LogP contribution in [0.4, 0.5) is 0 Å². The number of benzene rings is 6. The molecule has 3 aliphatic rings. The molecule has 0 aliphatic carbocycles. The third-order valence-corrected chi connectivity index (χ3v) is 14.8. The lowest BCUT2D eigenvalue weighted by Crippen LogP contribution is -2.65. The van der Waals surface area contributed by atoms with Crippen LogP contribution in [0.3, 0.4) is 0 Å². The van der Waals surface area contributed by atoms with Gasteiger partial charge in [0.1, 0.15) is 11.5 Å². The molecule has 0 amide bonds. The molecule has 0 aromatic heterocycles. The Morgan fingerprint density at radius 2 is 0.771 bits per heavy atom. The number of fused-ring (bicyclic) bond motifs is 2. The lowest BCUT2D eigenvalue weighted by atomic mass is 9.75. The molecular formula is C43H36O3P2. The highest BCUT2D eigenvalue weighted by Crippen LogP contribution is 2.52. The Morgan fingerprint density at radius 1 is 0.417 bits per heavy atom. The summed E-state index contributed by atoms with van der Waals surface area (Å²) < 4.78 is 21.3. The third-order valence-electron chi connectivity index (χ3n) is 9.92. The second kappa shape index (κ2) is 12.6. The first kappa shape index (κ1) is 29.8. The van der Waals surface area contributed by atoms with Crippen molar-refractivity contribution in [1.29, 1.82) is 0 Å². The van der Waals surface area contributed by atoms with Crippen LogP contribution >= 0.6 is 15.8 Å². The van der Waals surface area contributed by atoms with Gasteiger partial charge in [-0.15, -0.1) is 0 Å². The van der Waals surface area contributed by atoms with Crippen molar-refractivity contribution in [2.24, 2.45) is 11.8 Å². The maximum Gasteiger partial charge on any atom is 0.261 e. The van der Waals surface area contributed by atoms with Gasteiger partial charge in [0, 0.05) is 10.6 Å². The zero-order valence-electron chi connectivity index (χ0n) is 26.6. The minimum atomic E-state index is -0.851. The van der Waals surface area contributed by atoms with E-state index >= 15 is 0 Å². The van der Waals surface area contributed by atoms with E-state index in [1.807, 2.05) is 0 Å². The maximum absolute atomic E-state index is 7.51. The lowest BCUT2D eigenvalue weighted by molar-refractivity contribution is -0.257. The molecule has 6 aromatic carbocycles. The Morgan fingerprint density at radius 3 is 1.12 bits per heavy atom. The molecule has 1 spiro atoms. The van der Waals surface area contributed by atoms with Crippen molar-refractivity contribution in [2.75, 3.05) is 13.2 Å². The van der Waals surface area contributed by atoms with Crippen LogP contribution in [0.25, 0.3) is 0 Å². The molecule has 3 heterocycles. The van der Waals surface area contributed by atoms with E-state index in [2.05, 4.69) is 158 Å². The first-order chi connectivity index (χ1) is 23.8. The summed E-state index contributed by atoms with van der Waals surface area (Å²) in [6.45, 7) is 1.24. The van der Waals surface area contributed by atoms with Crippen molar-refractivity contribution in [3.05, 3.63) is 169 Å². The summed E-state index contributed by atoms with van der Waals surface area (Å²) in [5.74, 6) is 1.34. The summed E-state index contributed by atoms with van der Waals surface area (Å²) in [4.78, 5) is 0. The maximum atomic E-state index is 7.51. The van der Waals surface area contributed by atoms with Gasteiger partial charge in [-0.2, -0.15) is 0 Å². The van der Waals surface area contributed by atoms with Crippen LogP contribution in [-0.4, -0.2) is 19.0 Å². The summed E-state index contributed by atoms with van der Waals surface area (Å²) in [5.41, 5.74) is 2.48. The van der Waals surface area contributed by atoms with Crippen LogP contribution in [0.2, 0.25) is 0 Å². The van der Waals surface area contributed by atoms with Gasteiger partial charge in [0.2, 0.25) is 0 Å². The van der Waals surface area contributed by atoms with Gasteiger partial charge >= 0.3 is 0 Å². The van der Waals surface area contributed by atoms with E-state index in [-0.39, 0.29) is 11.8 Å². The van der Waals surface area contributed by atoms with Crippen molar-refractivity contribution in [2.45, 2.75) is 18.6 Å². The topological polar surface area (TPSA) is 27.7 Å². The molecule has 0 N–H and O–H groups in total. The molecule has 0 unspecified atom stereocenters. The minimum absolute atomic E-state index is 0.0829. The van der Waals surface area contributed by atoms with E-state index in [0.29, 0.717) is 13.2 Å². The molecule has 0 radical (unpaired) electrons. The summed E-state index contributed by atoms with van der Waals surface area (Å²) in [5, 5.41) is 7.74. The largest absolute Gasteiger partial charge is 0.451 e. The molecule has 5 heteroatoms. The first-order valence-electron chi connectivity index (χ1n) is 16.8. The predicted molar refractivity (Wildman–Crippen MR) is 199 cm³/mol. The standard InChI is InChI=1S/C43H36O3P2/c1-5-17-35(18-6-1)47(36-19-7-2-8-20-36)39-25-13-15-31-27-33-29-44-30-34-28-32-16-14-26-40(42(32)46-43(33,34)45-41(31)39)48(37-21-9-3-10-22-37)38-23-11-4-12-24-38/h1-26,33-34H,27-30H2/t33-,34-,43?/m0/s1. The smallest absolute Gasteiger partial charge is 0.261 e. The van der Waals surface area contributed by atoms with E-state index in [1.165, 1.54) is 43.0 Å². The summed E-state index contributed by atoms with van der Waals surface area (Å²) >= 11 is 0. The third kappa shape index (κ3) is 5.17. The summed E-state index contributed by atoms with van der Waals surface area (Å²) in [6, 6.07) is 57.1. The quantitative estimate of drug-likeness (QED) is 0.185. The summed E-state index contributed by atoms with van der Waals surface area (Å²) in [6.07, 6.45) is 1.71. The molecular weight excluding hydrogens is 626 g/mol. The summed E-state index contributed by atoms with van der Waals surface area (Å²) in [7, 11) is -1.70. The van der Waals surface area contributed by atoms with Crippen molar-refractivity contribution < 1.29 is 14.2 Å². The number of hydrogen-bond acceptors (Lipinski definition) is 3. The van der Waals surface area contributed by atoms with Crippen LogP contribution in [-0.2, 0) is 17.6 Å². The fourth-order valence-electron chi connectivity index (χ4n) is 7.74. The van der Waals surface area contributed by atoms with E-state index in [9.17, 15) is 0 Å². The van der Waals surface area contributed by atoms with Crippen LogP contribution in [0, 0.1) is 11.8 Å². The van der Waals surface area contributed by atoms with Crippen LogP contribution < -0.4 is 41.3 Å². The zero-order chi connectivity index (χ0) is 31.9. The van der Waals surface area contributed by atoms with Crippen molar-refractivity contribution in [3.63, 3.8) is 0 Å². The number of para-hydroxylation sites is 2. The Balaban J connectivity index is 1.19. The minimum Gasteiger partial charge on any atom is -0.451 e. The Labute approximate surface area is 285 Å². The average molecular weight is 663 g/mol. The molecule has 1 fully saturated rings. The molecule has 3 nitrogen and oxygen atoms in total. The van der Waals surface area contributed by atoms with E-state index < -0.39 is 21.6 Å². The van der Waals surface area contributed by atoms with Crippen molar-refractivity contribution >= 4 is 47.7 Å². The van der Waals surface area contributed by atoms with Crippen molar-refractivity contribution in [3.8, 4) is 11.5 Å². The fraction of sp³-hybridized carbons (Fsp3) is 0.163. The van der Waals surface area contributed by atoms with Gasteiger partial charge in [0.15, 0.2) is 0 Å². The van der Waals surface area contributed by atoms with Gasteiger partial charge in [0.25, 0.3) is 5.79 Å².